The Morgan fingerprint density at radius 1 is 1.20 bits per heavy atom. The molecule has 1 heterocycles. The van der Waals surface area contributed by atoms with Gasteiger partial charge in [-0.05, 0) is 37.5 Å². The molecule has 1 saturated heterocycles. The summed E-state index contributed by atoms with van der Waals surface area (Å²) in [4.78, 5) is 24.7. The second-order valence-corrected chi connectivity index (χ2v) is 7.25. The molecule has 1 aromatic rings. The summed E-state index contributed by atoms with van der Waals surface area (Å²) >= 11 is 6.17. The highest BCUT2D eigenvalue weighted by atomic mass is 35.5. The maximum Gasteiger partial charge on any atom is 0.253 e. The standard InChI is InChI=1S/C18H24ClN3O3/c19-15-7-6-12(22-18(25)16-9-13(23)10-20-16)8-14(15)17(24)21-11-4-2-1-3-5-11/h6-8,11,13,16,20,23H,1-5,9-10H2,(H,21,24)(H,22,25). The number of β-amino-alcohol motifs (C(OH)–C–C–N with tert-alkyl or cyclic N) is 1. The van der Waals surface area contributed by atoms with Gasteiger partial charge in [0.25, 0.3) is 5.91 Å². The number of amides is 2. The SMILES string of the molecule is O=C(NC1CCCCC1)c1cc(NC(=O)C2CC(O)CN2)ccc1Cl. The molecular formula is C18H24ClN3O3. The molecule has 1 saturated carbocycles. The molecule has 1 aliphatic carbocycles. The van der Waals surface area contributed by atoms with Crippen molar-refractivity contribution in [3.8, 4) is 0 Å². The first-order chi connectivity index (χ1) is 12.0. The number of hydrogen-bond donors (Lipinski definition) is 4. The minimum Gasteiger partial charge on any atom is -0.392 e. The first-order valence-corrected chi connectivity index (χ1v) is 9.23. The van der Waals surface area contributed by atoms with Gasteiger partial charge in [0.2, 0.25) is 5.91 Å². The van der Waals surface area contributed by atoms with Crippen LogP contribution in [0.25, 0.3) is 0 Å². The van der Waals surface area contributed by atoms with Gasteiger partial charge in [0.15, 0.2) is 0 Å². The predicted octanol–water partition coefficient (Wildman–Crippen LogP) is 2.06. The normalized spacial score (nSPS) is 24.1. The minimum atomic E-state index is -0.502. The van der Waals surface area contributed by atoms with E-state index in [2.05, 4.69) is 16.0 Å². The summed E-state index contributed by atoms with van der Waals surface area (Å²) < 4.78 is 0. The third-order valence-corrected chi connectivity index (χ3v) is 5.17. The second-order valence-electron chi connectivity index (χ2n) is 6.84. The molecule has 7 heteroatoms. The van der Waals surface area contributed by atoms with Crippen molar-refractivity contribution in [2.45, 2.75) is 56.7 Å². The number of carbonyl (C=O) groups is 2. The molecule has 2 atom stereocenters. The maximum absolute atomic E-state index is 12.5. The van der Waals surface area contributed by atoms with Gasteiger partial charge < -0.3 is 21.1 Å². The lowest BCUT2D eigenvalue weighted by atomic mass is 9.95. The van der Waals surface area contributed by atoms with Crippen molar-refractivity contribution in [2.24, 2.45) is 0 Å². The highest BCUT2D eigenvalue weighted by molar-refractivity contribution is 6.34. The van der Waals surface area contributed by atoms with E-state index in [4.69, 9.17) is 11.6 Å². The highest BCUT2D eigenvalue weighted by Gasteiger charge is 2.28. The van der Waals surface area contributed by atoms with E-state index in [1.807, 2.05) is 0 Å². The molecule has 4 N–H and O–H groups in total. The summed E-state index contributed by atoms with van der Waals surface area (Å²) in [6.45, 7) is 0.410. The Labute approximate surface area is 152 Å². The Morgan fingerprint density at radius 2 is 1.96 bits per heavy atom. The minimum absolute atomic E-state index is 0.194. The van der Waals surface area contributed by atoms with Crippen molar-refractivity contribution in [3.63, 3.8) is 0 Å². The Morgan fingerprint density at radius 3 is 2.64 bits per heavy atom. The summed E-state index contributed by atoms with van der Waals surface area (Å²) in [5.74, 6) is -0.431. The Bertz CT molecular complexity index is 646. The van der Waals surface area contributed by atoms with Gasteiger partial charge in [-0.15, -0.1) is 0 Å². The molecule has 1 aromatic carbocycles. The van der Waals surface area contributed by atoms with E-state index in [1.54, 1.807) is 18.2 Å². The lowest BCUT2D eigenvalue weighted by molar-refractivity contribution is -0.117. The first kappa shape index (κ1) is 18.2. The van der Waals surface area contributed by atoms with Crippen molar-refractivity contribution < 1.29 is 14.7 Å². The number of anilines is 1. The van der Waals surface area contributed by atoms with Crippen LogP contribution >= 0.6 is 11.6 Å². The predicted molar refractivity (Wildman–Crippen MR) is 96.8 cm³/mol. The fraction of sp³-hybridized carbons (Fsp3) is 0.556. The summed E-state index contributed by atoms with van der Waals surface area (Å²) in [6.07, 6.45) is 5.36. The summed E-state index contributed by atoms with van der Waals surface area (Å²) in [6, 6.07) is 4.65. The third kappa shape index (κ3) is 4.71. The highest BCUT2D eigenvalue weighted by Crippen LogP contribution is 2.23. The second kappa shape index (κ2) is 8.17. The fourth-order valence-corrected chi connectivity index (χ4v) is 3.64. The molecule has 0 spiro atoms. The van der Waals surface area contributed by atoms with Crippen LogP contribution in [-0.4, -0.2) is 41.7 Å². The number of benzene rings is 1. The Hall–Kier alpha value is -1.63. The van der Waals surface area contributed by atoms with Gasteiger partial charge in [-0.1, -0.05) is 30.9 Å². The van der Waals surface area contributed by atoms with Crippen LogP contribution in [0.2, 0.25) is 5.02 Å². The van der Waals surface area contributed by atoms with Crippen molar-refractivity contribution in [2.75, 3.05) is 11.9 Å². The maximum atomic E-state index is 12.5. The molecule has 2 unspecified atom stereocenters. The quantitative estimate of drug-likeness (QED) is 0.657. The van der Waals surface area contributed by atoms with Crippen molar-refractivity contribution in [1.29, 1.82) is 0 Å². The molecule has 3 rings (SSSR count). The molecule has 0 aromatic heterocycles. The molecule has 6 nitrogen and oxygen atoms in total. The number of rotatable bonds is 4. The molecule has 0 bridgehead atoms. The first-order valence-electron chi connectivity index (χ1n) is 8.85. The van der Waals surface area contributed by atoms with E-state index in [-0.39, 0.29) is 17.9 Å². The van der Waals surface area contributed by atoms with Crippen LogP contribution < -0.4 is 16.0 Å². The van der Waals surface area contributed by atoms with E-state index >= 15 is 0 Å². The zero-order chi connectivity index (χ0) is 17.8. The van der Waals surface area contributed by atoms with Crippen LogP contribution in [0.4, 0.5) is 5.69 Å². The van der Waals surface area contributed by atoms with E-state index in [9.17, 15) is 14.7 Å². The molecular weight excluding hydrogens is 342 g/mol. The number of hydrogen-bond acceptors (Lipinski definition) is 4. The van der Waals surface area contributed by atoms with Crippen LogP contribution in [0.5, 0.6) is 0 Å². The van der Waals surface area contributed by atoms with E-state index < -0.39 is 12.1 Å². The van der Waals surface area contributed by atoms with Gasteiger partial charge in [-0.3, -0.25) is 9.59 Å². The molecule has 0 radical (unpaired) electrons. The summed E-state index contributed by atoms with van der Waals surface area (Å²) in [5, 5.41) is 18.6. The van der Waals surface area contributed by atoms with Gasteiger partial charge >= 0.3 is 0 Å². The average molecular weight is 366 g/mol. The lowest BCUT2D eigenvalue weighted by Crippen LogP contribution is -2.37. The van der Waals surface area contributed by atoms with Crippen LogP contribution in [-0.2, 0) is 4.79 Å². The molecule has 2 aliphatic rings. The number of nitrogens with one attached hydrogen (secondary N) is 3. The largest absolute Gasteiger partial charge is 0.392 e. The van der Waals surface area contributed by atoms with Crippen LogP contribution in [0.3, 0.4) is 0 Å². The Kier molecular flexibility index (Phi) is 5.93. The van der Waals surface area contributed by atoms with E-state index in [1.165, 1.54) is 6.42 Å². The number of aliphatic hydroxyl groups is 1. The molecule has 136 valence electrons. The summed E-state index contributed by atoms with van der Waals surface area (Å²) in [5.41, 5.74) is 0.885. The van der Waals surface area contributed by atoms with Crippen LogP contribution in [0.1, 0.15) is 48.9 Å². The zero-order valence-electron chi connectivity index (χ0n) is 14.1. The van der Waals surface area contributed by atoms with Crippen LogP contribution in [0, 0.1) is 0 Å². The van der Waals surface area contributed by atoms with Gasteiger partial charge in [-0.25, -0.2) is 0 Å². The van der Waals surface area contributed by atoms with Gasteiger partial charge in [0.05, 0.1) is 22.7 Å². The van der Waals surface area contributed by atoms with Gasteiger partial charge in [0.1, 0.15) is 0 Å². The topological polar surface area (TPSA) is 90.5 Å². The van der Waals surface area contributed by atoms with E-state index in [0.717, 1.165) is 25.7 Å². The third-order valence-electron chi connectivity index (χ3n) is 4.84. The number of halogens is 1. The Balaban J connectivity index is 1.65. The monoisotopic (exact) mass is 365 g/mol. The fourth-order valence-electron chi connectivity index (χ4n) is 3.43. The van der Waals surface area contributed by atoms with E-state index in [0.29, 0.717) is 29.2 Å². The molecule has 2 fully saturated rings. The van der Waals surface area contributed by atoms with Crippen LogP contribution in [0.15, 0.2) is 18.2 Å². The average Bonchev–Trinajstić information content (AvgIpc) is 3.04. The van der Waals surface area contributed by atoms with Gasteiger partial charge in [0, 0.05) is 18.3 Å². The summed E-state index contributed by atoms with van der Waals surface area (Å²) in [7, 11) is 0. The number of carbonyl (C=O) groups excluding carboxylic acids is 2. The van der Waals surface area contributed by atoms with Crippen molar-refractivity contribution >= 4 is 29.1 Å². The van der Waals surface area contributed by atoms with Crippen molar-refractivity contribution in [3.05, 3.63) is 28.8 Å². The van der Waals surface area contributed by atoms with Gasteiger partial charge in [-0.2, -0.15) is 0 Å². The number of aliphatic hydroxyl groups excluding tert-OH is 1. The smallest absolute Gasteiger partial charge is 0.253 e. The lowest BCUT2D eigenvalue weighted by Gasteiger charge is -2.23. The molecule has 1 aliphatic heterocycles. The van der Waals surface area contributed by atoms with Crippen molar-refractivity contribution in [1.82, 2.24) is 10.6 Å². The molecule has 2 amide bonds. The zero-order valence-corrected chi connectivity index (χ0v) is 14.8. The molecule has 25 heavy (non-hydrogen) atoms.